The van der Waals surface area contributed by atoms with Crippen LogP contribution in [0.2, 0.25) is 0 Å². The van der Waals surface area contributed by atoms with E-state index in [1.165, 1.54) is 21.2 Å². The predicted molar refractivity (Wildman–Crippen MR) is 75.7 cm³/mol. The highest BCUT2D eigenvalue weighted by atomic mass is 32.2. The van der Waals surface area contributed by atoms with Crippen molar-refractivity contribution in [1.82, 2.24) is 0 Å². The number of anilines is 2. The van der Waals surface area contributed by atoms with Gasteiger partial charge in [0.05, 0.1) is 17.5 Å². The molecule has 0 amide bonds. The van der Waals surface area contributed by atoms with Gasteiger partial charge in [0.2, 0.25) is 0 Å². The molecule has 0 spiro atoms. The molecule has 0 aliphatic carbocycles. The monoisotopic (exact) mass is 257 g/mol. The summed E-state index contributed by atoms with van der Waals surface area (Å²) in [6, 6.07) is 14.5. The molecule has 92 valence electrons. The maximum absolute atomic E-state index is 9.66. The van der Waals surface area contributed by atoms with E-state index in [1.54, 1.807) is 18.7 Å². The zero-order chi connectivity index (χ0) is 12.7. The summed E-state index contributed by atoms with van der Waals surface area (Å²) < 4.78 is 0. The fourth-order valence-corrected chi connectivity index (χ4v) is 3.42. The van der Waals surface area contributed by atoms with Crippen molar-refractivity contribution in [3.05, 3.63) is 48.0 Å². The maximum atomic E-state index is 9.66. The van der Waals surface area contributed by atoms with E-state index in [2.05, 4.69) is 48.3 Å². The summed E-state index contributed by atoms with van der Waals surface area (Å²) in [5, 5.41) is 9.66. The Hall–Kier alpha value is -1.45. The van der Waals surface area contributed by atoms with E-state index in [0.717, 1.165) is 5.56 Å². The number of hydrogen-bond donors (Lipinski definition) is 1. The molecular formula is C15H15NOS. The van der Waals surface area contributed by atoms with Gasteiger partial charge in [-0.3, -0.25) is 0 Å². The lowest BCUT2D eigenvalue weighted by molar-refractivity contribution is 0.199. The molecule has 1 aliphatic heterocycles. The van der Waals surface area contributed by atoms with Crippen molar-refractivity contribution in [3.8, 4) is 0 Å². The Kier molecular flexibility index (Phi) is 2.80. The zero-order valence-electron chi connectivity index (χ0n) is 10.4. The van der Waals surface area contributed by atoms with Crippen LogP contribution >= 0.6 is 11.8 Å². The van der Waals surface area contributed by atoms with Crippen LogP contribution in [0.25, 0.3) is 0 Å². The third-order valence-electron chi connectivity index (χ3n) is 3.27. The van der Waals surface area contributed by atoms with Gasteiger partial charge in [0.15, 0.2) is 0 Å². The van der Waals surface area contributed by atoms with Crippen LogP contribution in [0.4, 0.5) is 11.4 Å². The fraction of sp³-hybridized carbons (Fsp3) is 0.200. The SMILES string of the molecule is C[C@H](O)c1ccc2c(c1)Sc1ccccc1N2C. The molecule has 1 heterocycles. The van der Waals surface area contributed by atoms with Crippen LogP contribution in [0.1, 0.15) is 18.6 Å². The summed E-state index contributed by atoms with van der Waals surface area (Å²) in [6.07, 6.45) is -0.418. The van der Waals surface area contributed by atoms with E-state index in [0.29, 0.717) is 0 Å². The number of hydrogen-bond acceptors (Lipinski definition) is 3. The first-order chi connectivity index (χ1) is 8.66. The smallest absolute Gasteiger partial charge is 0.0762 e. The van der Waals surface area contributed by atoms with E-state index >= 15 is 0 Å². The number of fused-ring (bicyclic) bond motifs is 2. The van der Waals surface area contributed by atoms with Crippen molar-refractivity contribution in [2.75, 3.05) is 11.9 Å². The molecule has 0 radical (unpaired) electrons. The lowest BCUT2D eigenvalue weighted by atomic mass is 10.1. The van der Waals surface area contributed by atoms with Crippen LogP contribution in [0.15, 0.2) is 52.3 Å². The van der Waals surface area contributed by atoms with Crippen LogP contribution in [-0.2, 0) is 0 Å². The Balaban J connectivity index is 2.10. The number of rotatable bonds is 1. The van der Waals surface area contributed by atoms with Gasteiger partial charge in [0.1, 0.15) is 0 Å². The topological polar surface area (TPSA) is 23.5 Å². The van der Waals surface area contributed by atoms with Gasteiger partial charge in [-0.25, -0.2) is 0 Å². The molecule has 2 aromatic carbocycles. The van der Waals surface area contributed by atoms with Crippen molar-refractivity contribution in [1.29, 1.82) is 0 Å². The van der Waals surface area contributed by atoms with E-state index < -0.39 is 6.10 Å². The lowest BCUT2D eigenvalue weighted by Crippen LogP contribution is -2.14. The number of para-hydroxylation sites is 1. The minimum atomic E-state index is -0.418. The highest BCUT2D eigenvalue weighted by molar-refractivity contribution is 7.99. The summed E-state index contributed by atoms with van der Waals surface area (Å²) >= 11 is 1.77. The fourth-order valence-electron chi connectivity index (χ4n) is 2.22. The second-order valence-corrected chi connectivity index (χ2v) is 5.62. The molecule has 18 heavy (non-hydrogen) atoms. The quantitative estimate of drug-likeness (QED) is 0.836. The van der Waals surface area contributed by atoms with Crippen LogP contribution < -0.4 is 4.90 Å². The third-order valence-corrected chi connectivity index (χ3v) is 4.39. The average molecular weight is 257 g/mol. The second-order valence-electron chi connectivity index (χ2n) is 4.53. The molecule has 1 aliphatic rings. The first kappa shape index (κ1) is 11.6. The number of aliphatic hydroxyl groups excluding tert-OH is 1. The average Bonchev–Trinajstić information content (AvgIpc) is 2.38. The van der Waals surface area contributed by atoms with Gasteiger partial charge in [-0.15, -0.1) is 0 Å². The highest BCUT2D eigenvalue weighted by Gasteiger charge is 2.20. The Labute approximate surface area is 111 Å². The summed E-state index contributed by atoms with van der Waals surface area (Å²) in [7, 11) is 2.08. The molecule has 2 aromatic rings. The molecule has 1 N–H and O–H groups in total. The molecular weight excluding hydrogens is 242 g/mol. The standard InChI is InChI=1S/C15H15NOS/c1-10(17)11-7-8-13-15(9-11)18-14-6-4-3-5-12(14)16(13)2/h3-10,17H,1-2H3/t10-/m0/s1. The van der Waals surface area contributed by atoms with E-state index in [-0.39, 0.29) is 0 Å². The molecule has 3 heteroatoms. The summed E-state index contributed by atoms with van der Waals surface area (Å²) in [4.78, 5) is 4.66. The van der Waals surface area contributed by atoms with Crippen LogP contribution in [0, 0.1) is 0 Å². The van der Waals surface area contributed by atoms with Crippen molar-refractivity contribution in [2.45, 2.75) is 22.8 Å². The summed E-state index contributed by atoms with van der Waals surface area (Å²) in [5.41, 5.74) is 3.40. The largest absolute Gasteiger partial charge is 0.389 e. The van der Waals surface area contributed by atoms with Gasteiger partial charge >= 0.3 is 0 Å². The van der Waals surface area contributed by atoms with Crippen molar-refractivity contribution >= 4 is 23.1 Å². The molecule has 3 rings (SSSR count). The van der Waals surface area contributed by atoms with Crippen LogP contribution in [0.3, 0.4) is 0 Å². The van der Waals surface area contributed by atoms with E-state index in [4.69, 9.17) is 0 Å². The molecule has 0 fully saturated rings. The van der Waals surface area contributed by atoms with Gasteiger partial charge in [-0.1, -0.05) is 30.0 Å². The summed E-state index contributed by atoms with van der Waals surface area (Å²) in [5.74, 6) is 0. The number of nitrogens with zero attached hydrogens (tertiary/aromatic N) is 1. The van der Waals surface area contributed by atoms with Gasteiger partial charge in [0.25, 0.3) is 0 Å². The van der Waals surface area contributed by atoms with E-state index in [9.17, 15) is 5.11 Å². The molecule has 0 bridgehead atoms. The molecule has 0 unspecified atom stereocenters. The first-order valence-electron chi connectivity index (χ1n) is 5.99. The second kappa shape index (κ2) is 4.34. The zero-order valence-corrected chi connectivity index (χ0v) is 11.2. The van der Waals surface area contributed by atoms with Gasteiger partial charge in [-0.05, 0) is 36.8 Å². The lowest BCUT2D eigenvalue weighted by Gasteiger charge is -2.29. The Morgan fingerprint density at radius 1 is 1.06 bits per heavy atom. The maximum Gasteiger partial charge on any atom is 0.0762 e. The minimum absolute atomic E-state index is 0.418. The Morgan fingerprint density at radius 3 is 2.56 bits per heavy atom. The molecule has 1 atom stereocenters. The van der Waals surface area contributed by atoms with Crippen molar-refractivity contribution in [3.63, 3.8) is 0 Å². The molecule has 0 saturated carbocycles. The Bertz CT molecular complexity index is 595. The normalized spacial score (nSPS) is 14.9. The predicted octanol–water partition coefficient (Wildman–Crippen LogP) is 3.97. The first-order valence-corrected chi connectivity index (χ1v) is 6.81. The van der Waals surface area contributed by atoms with Crippen molar-refractivity contribution < 1.29 is 5.11 Å². The molecule has 0 aromatic heterocycles. The highest BCUT2D eigenvalue weighted by Crippen LogP contribution is 2.47. The van der Waals surface area contributed by atoms with Crippen LogP contribution in [-0.4, -0.2) is 12.2 Å². The van der Waals surface area contributed by atoms with Crippen molar-refractivity contribution in [2.24, 2.45) is 0 Å². The van der Waals surface area contributed by atoms with Gasteiger partial charge in [-0.2, -0.15) is 0 Å². The number of benzene rings is 2. The third kappa shape index (κ3) is 1.80. The van der Waals surface area contributed by atoms with Crippen LogP contribution in [0.5, 0.6) is 0 Å². The minimum Gasteiger partial charge on any atom is -0.389 e. The van der Waals surface area contributed by atoms with Gasteiger partial charge < -0.3 is 10.0 Å². The van der Waals surface area contributed by atoms with Gasteiger partial charge in [0, 0.05) is 16.8 Å². The summed E-state index contributed by atoms with van der Waals surface area (Å²) in [6.45, 7) is 1.80. The number of aliphatic hydroxyl groups is 1. The molecule has 2 nitrogen and oxygen atoms in total. The Morgan fingerprint density at radius 2 is 1.78 bits per heavy atom. The molecule has 0 saturated heterocycles. The van der Waals surface area contributed by atoms with E-state index in [1.807, 2.05) is 6.07 Å².